The van der Waals surface area contributed by atoms with Crippen molar-refractivity contribution < 1.29 is 5.11 Å². The number of benzene rings is 1. The molecule has 2 N–H and O–H groups in total. The zero-order chi connectivity index (χ0) is 12.1. The fraction of sp³-hybridized carbons (Fsp3) is 0.333. The quantitative estimate of drug-likeness (QED) is 0.740. The molecule has 0 unspecified atom stereocenters. The number of aromatic nitrogens is 3. The number of hydrogen-bond acceptors (Lipinski definition) is 4. The van der Waals surface area contributed by atoms with Gasteiger partial charge in [-0.2, -0.15) is 15.0 Å². The van der Waals surface area contributed by atoms with E-state index in [0.717, 1.165) is 17.0 Å². The first kappa shape index (κ1) is 11.8. The smallest absolute Gasteiger partial charge is 0.117 e. The molecule has 0 saturated heterocycles. The van der Waals surface area contributed by atoms with Gasteiger partial charge in [0.2, 0.25) is 0 Å². The lowest BCUT2D eigenvalue weighted by Gasteiger charge is -2.01. The van der Waals surface area contributed by atoms with Gasteiger partial charge in [-0.05, 0) is 0 Å². The molecule has 5 nitrogen and oxygen atoms in total. The van der Waals surface area contributed by atoms with E-state index in [0.29, 0.717) is 13.1 Å². The van der Waals surface area contributed by atoms with Crippen LogP contribution in [0.5, 0.6) is 0 Å². The molecule has 2 aromatic rings. The van der Waals surface area contributed by atoms with Gasteiger partial charge in [-0.3, -0.25) is 0 Å². The summed E-state index contributed by atoms with van der Waals surface area (Å²) in [6.45, 7) is 1.30. The van der Waals surface area contributed by atoms with Gasteiger partial charge >= 0.3 is 0 Å². The van der Waals surface area contributed by atoms with Gasteiger partial charge < -0.3 is 10.4 Å². The number of nitrogens with zero attached hydrogens (tertiary/aromatic N) is 3. The van der Waals surface area contributed by atoms with Gasteiger partial charge in [0.25, 0.3) is 0 Å². The molecular weight excluding hydrogens is 216 g/mol. The zero-order valence-electron chi connectivity index (χ0n) is 9.80. The Kier molecular flexibility index (Phi) is 3.85. The molecule has 5 heteroatoms. The first-order valence-electron chi connectivity index (χ1n) is 5.58. The summed E-state index contributed by atoms with van der Waals surface area (Å²) in [5, 5.41) is 20.5. The predicted molar refractivity (Wildman–Crippen MR) is 65.2 cm³/mol. The van der Waals surface area contributed by atoms with Crippen molar-refractivity contribution in [3.63, 3.8) is 0 Å². The summed E-state index contributed by atoms with van der Waals surface area (Å²) in [5.74, 6) is 0. The third-order valence-electron chi connectivity index (χ3n) is 2.41. The van der Waals surface area contributed by atoms with E-state index in [1.165, 1.54) is 0 Å². The predicted octanol–water partition coefficient (Wildman–Crippen LogP) is 0.564. The van der Waals surface area contributed by atoms with E-state index in [1.54, 1.807) is 4.80 Å². The first-order valence-corrected chi connectivity index (χ1v) is 5.58. The molecule has 90 valence electrons. The number of hydrogen-bond donors (Lipinski definition) is 2. The Morgan fingerprint density at radius 2 is 2.00 bits per heavy atom. The largest absolute Gasteiger partial charge is 0.395 e. The monoisotopic (exact) mass is 232 g/mol. The molecule has 0 saturated carbocycles. The standard InChI is InChI=1S/C12H16N4O/c1-16-14-11(9-13-7-8-17)12(15-16)10-5-3-2-4-6-10/h2-6,13,17H,7-9H2,1H3. The van der Waals surface area contributed by atoms with E-state index >= 15 is 0 Å². The fourth-order valence-electron chi connectivity index (χ4n) is 1.67. The highest BCUT2D eigenvalue weighted by Crippen LogP contribution is 2.19. The van der Waals surface area contributed by atoms with Crippen molar-refractivity contribution in [1.29, 1.82) is 0 Å². The number of aliphatic hydroxyl groups is 1. The molecule has 1 heterocycles. The van der Waals surface area contributed by atoms with Crippen molar-refractivity contribution >= 4 is 0 Å². The van der Waals surface area contributed by atoms with Crippen LogP contribution < -0.4 is 5.32 Å². The van der Waals surface area contributed by atoms with Gasteiger partial charge in [0.1, 0.15) is 11.4 Å². The van der Waals surface area contributed by atoms with Gasteiger partial charge in [0.05, 0.1) is 6.61 Å². The van der Waals surface area contributed by atoms with Crippen molar-refractivity contribution in [1.82, 2.24) is 20.3 Å². The highest BCUT2D eigenvalue weighted by molar-refractivity contribution is 5.60. The molecule has 1 aromatic heterocycles. The number of aliphatic hydroxyl groups excluding tert-OH is 1. The molecule has 0 bridgehead atoms. The Balaban J connectivity index is 2.22. The minimum atomic E-state index is 0.126. The molecule has 0 aliphatic carbocycles. The van der Waals surface area contributed by atoms with Crippen LogP contribution in [0, 0.1) is 0 Å². The van der Waals surface area contributed by atoms with E-state index in [4.69, 9.17) is 5.11 Å². The normalized spacial score (nSPS) is 10.7. The van der Waals surface area contributed by atoms with Crippen LogP contribution in [0.1, 0.15) is 5.69 Å². The van der Waals surface area contributed by atoms with Crippen molar-refractivity contribution in [2.24, 2.45) is 7.05 Å². The SMILES string of the molecule is Cn1nc(CNCCO)c(-c2ccccc2)n1. The Morgan fingerprint density at radius 1 is 1.24 bits per heavy atom. The number of aryl methyl sites for hydroxylation is 1. The van der Waals surface area contributed by atoms with E-state index < -0.39 is 0 Å². The average Bonchev–Trinajstić information content (AvgIpc) is 2.72. The molecule has 2 rings (SSSR count). The minimum absolute atomic E-state index is 0.126. The lowest BCUT2D eigenvalue weighted by Crippen LogP contribution is -2.18. The van der Waals surface area contributed by atoms with E-state index in [9.17, 15) is 0 Å². The number of rotatable bonds is 5. The molecule has 0 amide bonds. The van der Waals surface area contributed by atoms with Crippen LogP contribution in [-0.4, -0.2) is 33.3 Å². The van der Waals surface area contributed by atoms with Crippen LogP contribution in [0.3, 0.4) is 0 Å². The molecule has 0 aliphatic rings. The molecule has 0 atom stereocenters. The van der Waals surface area contributed by atoms with Gasteiger partial charge in [0.15, 0.2) is 0 Å². The molecule has 0 spiro atoms. The Hall–Kier alpha value is -1.72. The van der Waals surface area contributed by atoms with Crippen molar-refractivity contribution in [3.05, 3.63) is 36.0 Å². The Labute approximate surface area is 100 Å². The maximum absolute atomic E-state index is 8.73. The minimum Gasteiger partial charge on any atom is -0.395 e. The molecule has 0 radical (unpaired) electrons. The molecule has 0 fully saturated rings. The highest BCUT2D eigenvalue weighted by Gasteiger charge is 2.10. The van der Waals surface area contributed by atoms with Gasteiger partial charge in [0, 0.05) is 25.7 Å². The van der Waals surface area contributed by atoms with Crippen LogP contribution in [-0.2, 0) is 13.6 Å². The Morgan fingerprint density at radius 3 is 2.71 bits per heavy atom. The van der Waals surface area contributed by atoms with Crippen LogP contribution in [0.25, 0.3) is 11.3 Å². The molecule has 1 aromatic carbocycles. The summed E-state index contributed by atoms with van der Waals surface area (Å²) in [5.41, 5.74) is 2.84. The number of nitrogens with one attached hydrogen (secondary N) is 1. The lowest BCUT2D eigenvalue weighted by molar-refractivity contribution is 0.291. The average molecular weight is 232 g/mol. The van der Waals surface area contributed by atoms with E-state index in [2.05, 4.69) is 15.5 Å². The van der Waals surface area contributed by atoms with Gasteiger partial charge in [-0.15, -0.1) is 0 Å². The third kappa shape index (κ3) is 2.89. The van der Waals surface area contributed by atoms with Crippen LogP contribution in [0.2, 0.25) is 0 Å². The van der Waals surface area contributed by atoms with Crippen LogP contribution >= 0.6 is 0 Å². The summed E-state index contributed by atoms with van der Waals surface area (Å²) >= 11 is 0. The van der Waals surface area contributed by atoms with Crippen molar-refractivity contribution in [2.75, 3.05) is 13.2 Å². The molecular formula is C12H16N4O. The van der Waals surface area contributed by atoms with E-state index in [-0.39, 0.29) is 6.61 Å². The second kappa shape index (κ2) is 5.56. The Bertz CT molecular complexity index is 467. The maximum Gasteiger partial charge on any atom is 0.117 e. The van der Waals surface area contributed by atoms with E-state index in [1.807, 2.05) is 37.4 Å². The fourth-order valence-corrected chi connectivity index (χ4v) is 1.67. The van der Waals surface area contributed by atoms with Crippen LogP contribution in [0.4, 0.5) is 0 Å². The third-order valence-corrected chi connectivity index (χ3v) is 2.41. The van der Waals surface area contributed by atoms with Gasteiger partial charge in [-0.1, -0.05) is 30.3 Å². The summed E-state index contributed by atoms with van der Waals surface area (Å²) < 4.78 is 0. The van der Waals surface area contributed by atoms with Gasteiger partial charge in [-0.25, -0.2) is 0 Å². The highest BCUT2D eigenvalue weighted by atomic mass is 16.3. The van der Waals surface area contributed by atoms with Crippen molar-refractivity contribution in [3.8, 4) is 11.3 Å². The summed E-state index contributed by atoms with van der Waals surface area (Å²) in [6.07, 6.45) is 0. The lowest BCUT2D eigenvalue weighted by atomic mass is 10.1. The molecule has 0 aliphatic heterocycles. The van der Waals surface area contributed by atoms with Crippen molar-refractivity contribution in [2.45, 2.75) is 6.54 Å². The maximum atomic E-state index is 8.73. The summed E-state index contributed by atoms with van der Waals surface area (Å²) in [4.78, 5) is 1.57. The summed E-state index contributed by atoms with van der Waals surface area (Å²) in [6, 6.07) is 9.96. The topological polar surface area (TPSA) is 63.0 Å². The molecule has 17 heavy (non-hydrogen) atoms. The second-order valence-corrected chi connectivity index (χ2v) is 3.75. The second-order valence-electron chi connectivity index (χ2n) is 3.75. The van der Waals surface area contributed by atoms with Crippen LogP contribution in [0.15, 0.2) is 30.3 Å². The summed E-state index contributed by atoms with van der Waals surface area (Å²) in [7, 11) is 1.81. The first-order chi connectivity index (χ1) is 8.31. The zero-order valence-corrected chi connectivity index (χ0v) is 9.80.